The average molecular weight is 397 g/mol. The summed E-state index contributed by atoms with van der Waals surface area (Å²) in [6.45, 7) is 0.514. The van der Waals surface area contributed by atoms with Gasteiger partial charge in [-0.3, -0.25) is 9.59 Å². The van der Waals surface area contributed by atoms with E-state index >= 15 is 0 Å². The highest BCUT2D eigenvalue weighted by molar-refractivity contribution is 5.92. The second kappa shape index (κ2) is 7.63. The van der Waals surface area contributed by atoms with Crippen molar-refractivity contribution in [2.45, 2.75) is 19.0 Å². The second-order valence-corrected chi connectivity index (χ2v) is 6.57. The number of hydrogen-bond acceptors (Lipinski definition) is 4. The van der Waals surface area contributed by atoms with Gasteiger partial charge in [0.05, 0.1) is 16.7 Å². The van der Waals surface area contributed by atoms with Crippen LogP contribution in [0.25, 0.3) is 5.69 Å². The molecule has 1 aliphatic heterocycles. The molecule has 1 aliphatic rings. The maximum atomic E-state index is 12.8. The first kappa shape index (κ1) is 19.9. The summed E-state index contributed by atoms with van der Waals surface area (Å²) in [5.74, 6) is -1.61. The van der Waals surface area contributed by atoms with E-state index in [1.807, 2.05) is 0 Å². The molecule has 28 heavy (non-hydrogen) atoms. The molecular weight excluding hydrogens is 379 g/mol. The van der Waals surface area contributed by atoms with Gasteiger partial charge in [0, 0.05) is 26.0 Å². The highest BCUT2D eigenvalue weighted by atomic mass is 19.4. The molecule has 7 nitrogen and oxygen atoms in total. The van der Waals surface area contributed by atoms with Crippen molar-refractivity contribution in [2.75, 3.05) is 19.8 Å². The first-order valence-corrected chi connectivity index (χ1v) is 8.54. The molecule has 150 valence electrons. The number of hydrogen-bond donors (Lipinski definition) is 2. The Kier molecular flexibility index (Phi) is 5.41. The molecule has 0 bridgehead atoms. The summed E-state index contributed by atoms with van der Waals surface area (Å²) >= 11 is 0. The summed E-state index contributed by atoms with van der Waals surface area (Å²) in [7, 11) is 0. The quantitative estimate of drug-likeness (QED) is 0.809. The van der Waals surface area contributed by atoms with Crippen LogP contribution in [-0.2, 0) is 15.7 Å². The lowest BCUT2D eigenvalue weighted by atomic mass is 9.80. The Morgan fingerprint density at radius 3 is 2.61 bits per heavy atom. The number of carbonyl (C=O) groups is 2. The SMILES string of the molecule is O=C(NCC1(C(=O)O)CCOCC1)c1ccn(-c2cccc(C(F)(F)F)c2)n1. The number of carboxylic acid groups (broad SMARTS) is 1. The van der Waals surface area contributed by atoms with E-state index in [1.165, 1.54) is 24.4 Å². The third kappa shape index (κ3) is 4.16. The van der Waals surface area contributed by atoms with Crippen LogP contribution in [0.2, 0.25) is 0 Å². The van der Waals surface area contributed by atoms with Gasteiger partial charge in [-0.05, 0) is 37.1 Å². The Morgan fingerprint density at radius 2 is 1.96 bits per heavy atom. The molecule has 2 aromatic rings. The van der Waals surface area contributed by atoms with E-state index in [1.54, 1.807) is 0 Å². The van der Waals surface area contributed by atoms with E-state index < -0.39 is 29.0 Å². The molecular formula is C18H18F3N3O4. The smallest absolute Gasteiger partial charge is 0.416 e. The highest BCUT2D eigenvalue weighted by Crippen LogP contribution is 2.31. The standard InChI is InChI=1S/C18H18F3N3O4/c19-18(20,21)12-2-1-3-13(10-12)24-7-4-14(23-24)15(25)22-11-17(16(26)27)5-8-28-9-6-17/h1-4,7,10H,5-6,8-9,11H2,(H,22,25)(H,26,27). The lowest BCUT2D eigenvalue weighted by Crippen LogP contribution is -2.46. The number of benzene rings is 1. The fraction of sp³-hybridized carbons (Fsp3) is 0.389. The Bertz CT molecular complexity index is 873. The molecule has 10 heteroatoms. The van der Waals surface area contributed by atoms with Gasteiger partial charge < -0.3 is 15.2 Å². The Morgan fingerprint density at radius 1 is 1.25 bits per heavy atom. The van der Waals surface area contributed by atoms with Crippen LogP contribution in [0.15, 0.2) is 36.5 Å². The molecule has 0 spiro atoms. The Labute approximate surface area is 158 Å². The van der Waals surface area contributed by atoms with Crippen LogP contribution >= 0.6 is 0 Å². The number of carboxylic acids is 1. The predicted molar refractivity (Wildman–Crippen MR) is 91.0 cm³/mol. The van der Waals surface area contributed by atoms with Gasteiger partial charge in [-0.15, -0.1) is 0 Å². The summed E-state index contributed by atoms with van der Waals surface area (Å²) < 4.78 is 44.9. The molecule has 1 aromatic heterocycles. The number of amides is 1. The monoisotopic (exact) mass is 397 g/mol. The average Bonchev–Trinajstić information content (AvgIpc) is 3.16. The van der Waals surface area contributed by atoms with Crippen LogP contribution in [0.3, 0.4) is 0 Å². The number of alkyl halides is 3. The maximum Gasteiger partial charge on any atom is 0.416 e. The third-order valence-electron chi connectivity index (χ3n) is 4.75. The van der Waals surface area contributed by atoms with Gasteiger partial charge in [0.1, 0.15) is 0 Å². The lowest BCUT2D eigenvalue weighted by Gasteiger charge is -2.32. The van der Waals surface area contributed by atoms with Crippen LogP contribution in [0.1, 0.15) is 28.9 Å². The van der Waals surface area contributed by atoms with Gasteiger partial charge in [-0.1, -0.05) is 6.07 Å². The fourth-order valence-electron chi connectivity index (χ4n) is 2.98. The van der Waals surface area contributed by atoms with Crippen LogP contribution in [0.4, 0.5) is 13.2 Å². The largest absolute Gasteiger partial charge is 0.481 e. The van der Waals surface area contributed by atoms with Gasteiger partial charge in [0.2, 0.25) is 0 Å². The molecule has 0 unspecified atom stereocenters. The first-order valence-electron chi connectivity index (χ1n) is 8.54. The van der Waals surface area contributed by atoms with Gasteiger partial charge in [0.25, 0.3) is 5.91 Å². The van der Waals surface area contributed by atoms with Crippen LogP contribution < -0.4 is 5.32 Å². The Balaban J connectivity index is 1.71. The molecule has 1 fully saturated rings. The number of aromatic nitrogens is 2. The van der Waals surface area contributed by atoms with E-state index in [0.29, 0.717) is 13.2 Å². The first-order chi connectivity index (χ1) is 13.2. The lowest BCUT2D eigenvalue weighted by molar-refractivity contribution is -0.154. The highest BCUT2D eigenvalue weighted by Gasteiger charge is 2.40. The van der Waals surface area contributed by atoms with Crippen molar-refractivity contribution < 1.29 is 32.6 Å². The van der Waals surface area contributed by atoms with Crippen molar-refractivity contribution in [1.29, 1.82) is 0 Å². The van der Waals surface area contributed by atoms with E-state index in [2.05, 4.69) is 10.4 Å². The minimum absolute atomic E-state index is 0.0231. The van der Waals surface area contributed by atoms with Gasteiger partial charge in [-0.25, -0.2) is 4.68 Å². The maximum absolute atomic E-state index is 12.8. The van der Waals surface area contributed by atoms with Crippen LogP contribution in [0, 0.1) is 5.41 Å². The van der Waals surface area contributed by atoms with E-state index in [-0.39, 0.29) is 30.8 Å². The zero-order valence-electron chi connectivity index (χ0n) is 14.7. The molecule has 2 N–H and O–H groups in total. The summed E-state index contributed by atoms with van der Waals surface area (Å²) in [6, 6.07) is 5.91. The molecule has 1 saturated heterocycles. The van der Waals surface area contributed by atoms with Crippen molar-refractivity contribution in [3.05, 3.63) is 47.8 Å². The number of halogens is 3. The van der Waals surface area contributed by atoms with E-state index in [4.69, 9.17) is 4.74 Å². The van der Waals surface area contributed by atoms with Crippen molar-refractivity contribution in [3.63, 3.8) is 0 Å². The van der Waals surface area contributed by atoms with Crippen molar-refractivity contribution in [2.24, 2.45) is 5.41 Å². The van der Waals surface area contributed by atoms with Gasteiger partial charge in [-0.2, -0.15) is 18.3 Å². The van der Waals surface area contributed by atoms with Crippen molar-refractivity contribution >= 4 is 11.9 Å². The summed E-state index contributed by atoms with van der Waals surface area (Å²) in [6.07, 6.45) is -2.56. The zero-order valence-corrected chi connectivity index (χ0v) is 14.7. The minimum Gasteiger partial charge on any atom is -0.481 e. The topological polar surface area (TPSA) is 93.5 Å². The summed E-state index contributed by atoms with van der Waals surface area (Å²) in [5, 5.41) is 16.1. The molecule has 1 amide bonds. The fourth-order valence-corrected chi connectivity index (χ4v) is 2.98. The van der Waals surface area contributed by atoms with E-state index in [0.717, 1.165) is 16.8 Å². The van der Waals surface area contributed by atoms with Crippen LogP contribution in [0.5, 0.6) is 0 Å². The number of nitrogens with zero attached hydrogens (tertiary/aromatic N) is 2. The molecule has 0 atom stereocenters. The summed E-state index contributed by atoms with van der Waals surface area (Å²) in [4.78, 5) is 23.9. The number of aliphatic carboxylic acids is 1. The molecule has 0 aliphatic carbocycles. The summed E-state index contributed by atoms with van der Waals surface area (Å²) in [5.41, 5.74) is -1.79. The predicted octanol–water partition coefficient (Wildman–Crippen LogP) is 2.50. The molecule has 3 rings (SSSR count). The molecule has 1 aromatic carbocycles. The molecule has 2 heterocycles. The van der Waals surface area contributed by atoms with Crippen molar-refractivity contribution in [1.82, 2.24) is 15.1 Å². The number of rotatable bonds is 5. The third-order valence-corrected chi connectivity index (χ3v) is 4.75. The molecule has 0 saturated carbocycles. The van der Waals surface area contributed by atoms with Crippen molar-refractivity contribution in [3.8, 4) is 5.69 Å². The zero-order chi connectivity index (χ0) is 20.4. The second-order valence-electron chi connectivity index (χ2n) is 6.57. The minimum atomic E-state index is -4.49. The number of carbonyl (C=O) groups excluding carboxylic acids is 1. The molecule has 0 radical (unpaired) electrons. The Hall–Kier alpha value is -2.88. The normalized spacial score (nSPS) is 16.5. The van der Waals surface area contributed by atoms with Gasteiger partial charge in [0.15, 0.2) is 5.69 Å². The number of nitrogens with one attached hydrogen (secondary N) is 1. The van der Waals surface area contributed by atoms with E-state index in [9.17, 15) is 27.9 Å². The van der Waals surface area contributed by atoms with Crippen LogP contribution in [-0.4, -0.2) is 46.5 Å². The van der Waals surface area contributed by atoms with Gasteiger partial charge >= 0.3 is 12.1 Å². The number of ether oxygens (including phenoxy) is 1.